The van der Waals surface area contributed by atoms with Gasteiger partial charge in [-0.2, -0.15) is 0 Å². The first kappa shape index (κ1) is 11.5. The van der Waals surface area contributed by atoms with Crippen molar-refractivity contribution in [1.82, 2.24) is 0 Å². The Morgan fingerprint density at radius 1 is 1.64 bits per heavy atom. The number of halogens is 3. The maximum absolute atomic E-state index is 13.0. The Morgan fingerprint density at radius 3 is 2.86 bits per heavy atom. The second-order valence-electron chi connectivity index (χ2n) is 2.69. The molecular formula is C9H7BrClFO2. The van der Waals surface area contributed by atoms with Gasteiger partial charge in [-0.1, -0.05) is 11.6 Å². The molecule has 0 aliphatic rings. The second-order valence-corrected chi connectivity index (χ2v) is 3.95. The van der Waals surface area contributed by atoms with E-state index in [9.17, 15) is 9.18 Å². The molecule has 0 aliphatic heterocycles. The van der Waals surface area contributed by atoms with Crippen molar-refractivity contribution in [3.63, 3.8) is 0 Å². The molecule has 0 fully saturated rings. The van der Waals surface area contributed by atoms with E-state index in [1.165, 1.54) is 13.0 Å². The zero-order valence-electron chi connectivity index (χ0n) is 7.31. The van der Waals surface area contributed by atoms with Crippen LogP contribution in [0.4, 0.5) is 4.39 Å². The summed E-state index contributed by atoms with van der Waals surface area (Å²) < 4.78 is 18.3. The first-order valence-corrected chi connectivity index (χ1v) is 4.94. The fourth-order valence-electron chi connectivity index (χ4n) is 0.794. The molecule has 0 spiro atoms. The highest BCUT2D eigenvalue weighted by atomic mass is 79.9. The van der Waals surface area contributed by atoms with Crippen LogP contribution >= 0.6 is 27.5 Å². The molecule has 1 aromatic rings. The van der Waals surface area contributed by atoms with Gasteiger partial charge < -0.3 is 4.74 Å². The molecule has 0 aliphatic carbocycles. The number of benzene rings is 1. The van der Waals surface area contributed by atoms with Gasteiger partial charge in [0, 0.05) is 6.07 Å². The van der Waals surface area contributed by atoms with E-state index in [0.29, 0.717) is 0 Å². The summed E-state index contributed by atoms with van der Waals surface area (Å²) in [7, 11) is 0. The Hall–Kier alpha value is -0.610. The molecule has 2 nitrogen and oxygen atoms in total. The van der Waals surface area contributed by atoms with E-state index in [0.717, 1.165) is 6.07 Å². The zero-order valence-corrected chi connectivity index (χ0v) is 9.65. The summed E-state index contributed by atoms with van der Waals surface area (Å²) >= 11 is 8.73. The van der Waals surface area contributed by atoms with Crippen LogP contribution in [-0.4, -0.2) is 12.4 Å². The molecule has 76 valence electrons. The van der Waals surface area contributed by atoms with Crippen LogP contribution in [0.1, 0.15) is 6.92 Å². The maximum atomic E-state index is 13.0. The third-order valence-electron chi connectivity index (χ3n) is 1.41. The molecule has 14 heavy (non-hydrogen) atoms. The molecule has 0 aromatic heterocycles. The first-order chi connectivity index (χ1) is 6.50. The number of ether oxygens (including phenoxy) is 1. The van der Waals surface area contributed by atoms with Crippen LogP contribution in [0.25, 0.3) is 0 Å². The molecule has 0 atom stereocenters. The van der Waals surface area contributed by atoms with Crippen LogP contribution in [0.3, 0.4) is 0 Å². The zero-order chi connectivity index (χ0) is 10.7. The SMILES string of the molecule is CC(=O)COc1cc(F)c(Br)cc1Cl. The second kappa shape index (κ2) is 4.75. The van der Waals surface area contributed by atoms with Crippen molar-refractivity contribution in [2.45, 2.75) is 6.92 Å². The van der Waals surface area contributed by atoms with Gasteiger partial charge >= 0.3 is 0 Å². The predicted octanol–water partition coefficient (Wildman–Crippen LogP) is 3.21. The minimum atomic E-state index is -0.479. The molecule has 0 saturated heterocycles. The lowest BCUT2D eigenvalue weighted by molar-refractivity contribution is -0.118. The van der Waals surface area contributed by atoms with E-state index in [2.05, 4.69) is 15.9 Å². The molecule has 0 radical (unpaired) electrons. The molecule has 0 N–H and O–H groups in total. The third kappa shape index (κ3) is 2.96. The van der Waals surface area contributed by atoms with Crippen molar-refractivity contribution in [2.24, 2.45) is 0 Å². The number of hydrogen-bond acceptors (Lipinski definition) is 2. The van der Waals surface area contributed by atoms with Gasteiger partial charge in [0.2, 0.25) is 0 Å². The topological polar surface area (TPSA) is 26.3 Å². The summed E-state index contributed by atoms with van der Waals surface area (Å²) in [6.45, 7) is 1.27. The van der Waals surface area contributed by atoms with E-state index < -0.39 is 5.82 Å². The van der Waals surface area contributed by atoms with E-state index in [-0.39, 0.29) is 27.6 Å². The van der Waals surface area contributed by atoms with E-state index in [4.69, 9.17) is 16.3 Å². The highest BCUT2D eigenvalue weighted by Gasteiger charge is 2.08. The minimum absolute atomic E-state index is 0.110. The molecule has 0 saturated carbocycles. The molecule has 0 heterocycles. The van der Waals surface area contributed by atoms with Gasteiger partial charge in [0.1, 0.15) is 18.2 Å². The van der Waals surface area contributed by atoms with Gasteiger partial charge in [0.25, 0.3) is 0 Å². The Morgan fingerprint density at radius 2 is 2.29 bits per heavy atom. The van der Waals surface area contributed by atoms with E-state index >= 15 is 0 Å². The number of ketones is 1. The fraction of sp³-hybridized carbons (Fsp3) is 0.222. The fourth-order valence-corrected chi connectivity index (χ4v) is 1.49. The van der Waals surface area contributed by atoms with Gasteiger partial charge in [0.05, 0.1) is 9.50 Å². The summed E-state index contributed by atoms with van der Waals surface area (Å²) in [5, 5.41) is 0.263. The molecular weight excluding hydrogens is 274 g/mol. The Bertz CT molecular complexity index is 368. The van der Waals surface area contributed by atoms with Crippen LogP contribution in [0.15, 0.2) is 16.6 Å². The number of hydrogen-bond donors (Lipinski definition) is 0. The normalized spacial score (nSPS) is 10.0. The largest absolute Gasteiger partial charge is 0.484 e. The summed E-state index contributed by atoms with van der Waals surface area (Å²) in [4.78, 5) is 10.6. The number of rotatable bonds is 3. The summed E-state index contributed by atoms with van der Waals surface area (Å²) in [6, 6.07) is 2.52. The lowest BCUT2D eigenvalue weighted by Gasteiger charge is -2.06. The summed E-state index contributed by atoms with van der Waals surface area (Å²) in [5.41, 5.74) is 0. The maximum Gasteiger partial charge on any atom is 0.167 e. The molecule has 1 aromatic carbocycles. The highest BCUT2D eigenvalue weighted by molar-refractivity contribution is 9.10. The number of Topliss-reactive ketones (excluding diaryl/α,β-unsaturated/α-hetero) is 1. The average molecular weight is 282 g/mol. The Balaban J connectivity index is 2.87. The third-order valence-corrected chi connectivity index (χ3v) is 2.31. The van der Waals surface area contributed by atoms with Crippen molar-refractivity contribution in [3.8, 4) is 5.75 Å². The highest BCUT2D eigenvalue weighted by Crippen LogP contribution is 2.30. The van der Waals surface area contributed by atoms with Crippen molar-refractivity contribution in [2.75, 3.05) is 6.61 Å². The van der Waals surface area contributed by atoms with Gasteiger partial charge in [-0.25, -0.2) is 4.39 Å². The van der Waals surface area contributed by atoms with Gasteiger partial charge in [-0.05, 0) is 28.9 Å². The number of carbonyl (C=O) groups excluding carboxylic acids is 1. The first-order valence-electron chi connectivity index (χ1n) is 3.77. The monoisotopic (exact) mass is 280 g/mol. The minimum Gasteiger partial charge on any atom is -0.484 e. The van der Waals surface area contributed by atoms with Gasteiger partial charge in [-0.3, -0.25) is 4.79 Å². The summed E-state index contributed by atoms with van der Waals surface area (Å²) in [6.07, 6.45) is 0. The lowest BCUT2D eigenvalue weighted by Crippen LogP contribution is -2.07. The smallest absolute Gasteiger partial charge is 0.167 e. The molecule has 1 rings (SSSR count). The summed E-state index contributed by atoms with van der Waals surface area (Å²) in [5.74, 6) is -0.458. The Kier molecular flexibility index (Phi) is 3.89. The lowest BCUT2D eigenvalue weighted by atomic mass is 10.3. The van der Waals surface area contributed by atoms with Crippen molar-refractivity contribution in [1.29, 1.82) is 0 Å². The standard InChI is InChI=1S/C9H7BrClFO2/c1-5(13)4-14-9-3-8(12)6(10)2-7(9)11/h2-3H,4H2,1H3. The molecule has 0 unspecified atom stereocenters. The van der Waals surface area contributed by atoms with Crippen molar-refractivity contribution < 1.29 is 13.9 Å². The predicted molar refractivity (Wildman–Crippen MR) is 55.3 cm³/mol. The molecule has 5 heteroatoms. The van der Waals surface area contributed by atoms with Crippen LogP contribution < -0.4 is 4.74 Å². The average Bonchev–Trinajstić information content (AvgIpc) is 2.09. The molecule has 0 amide bonds. The number of carbonyl (C=O) groups is 1. The Labute approximate surface area is 94.1 Å². The van der Waals surface area contributed by atoms with Gasteiger partial charge in [0.15, 0.2) is 5.78 Å². The quantitative estimate of drug-likeness (QED) is 0.795. The van der Waals surface area contributed by atoms with E-state index in [1.54, 1.807) is 0 Å². The van der Waals surface area contributed by atoms with Crippen LogP contribution in [0.5, 0.6) is 5.75 Å². The van der Waals surface area contributed by atoms with Crippen LogP contribution in [-0.2, 0) is 4.79 Å². The van der Waals surface area contributed by atoms with Gasteiger partial charge in [-0.15, -0.1) is 0 Å². The van der Waals surface area contributed by atoms with E-state index in [1.807, 2.05) is 0 Å². The van der Waals surface area contributed by atoms with Crippen molar-refractivity contribution in [3.05, 3.63) is 27.4 Å². The van der Waals surface area contributed by atoms with Crippen molar-refractivity contribution >= 4 is 33.3 Å². The van der Waals surface area contributed by atoms with Crippen LogP contribution in [0, 0.1) is 5.82 Å². The molecule has 0 bridgehead atoms. The van der Waals surface area contributed by atoms with Crippen LogP contribution in [0.2, 0.25) is 5.02 Å².